The summed E-state index contributed by atoms with van der Waals surface area (Å²) in [4.78, 5) is 5.72. The van der Waals surface area contributed by atoms with Crippen LogP contribution in [-0.2, 0) is 20.1 Å². The van der Waals surface area contributed by atoms with Crippen LogP contribution in [-0.4, -0.2) is 4.98 Å². The minimum absolute atomic E-state index is 0. The zero-order valence-corrected chi connectivity index (χ0v) is 12.4. The molecule has 0 unspecified atom stereocenters. The van der Waals surface area contributed by atoms with Crippen molar-refractivity contribution < 1.29 is 20.1 Å². The molecular weight excluding hydrogens is 406 g/mol. The molecule has 3 heteroatoms. The number of rotatable bonds is 1. The molecule has 0 fully saturated rings. The number of nitrogens with zero attached hydrogens (tertiary/aromatic N) is 1. The van der Waals surface area contributed by atoms with Gasteiger partial charge >= 0.3 is 0 Å². The number of aryl methyl sites for hydroxylation is 1. The molecule has 0 aliphatic heterocycles. The van der Waals surface area contributed by atoms with E-state index in [1.165, 1.54) is 20.5 Å². The van der Waals surface area contributed by atoms with Crippen molar-refractivity contribution in [1.29, 1.82) is 0 Å². The zero-order valence-electron chi connectivity index (χ0n) is 9.23. The van der Waals surface area contributed by atoms with Gasteiger partial charge in [-0.2, -0.15) is 0 Å². The molecular formula is C14H10IrNS-. The molecule has 3 aromatic rings. The Morgan fingerprint density at radius 2 is 2.06 bits per heavy atom. The maximum Gasteiger partial charge on any atom is 0.0305 e. The number of hydrogen-bond donors (Lipinski definition) is 0. The van der Waals surface area contributed by atoms with E-state index >= 15 is 0 Å². The average molecular weight is 417 g/mol. The zero-order chi connectivity index (χ0) is 11.0. The molecule has 0 spiro atoms. The fraction of sp³-hybridized carbons (Fsp3) is 0.0714. The van der Waals surface area contributed by atoms with Crippen molar-refractivity contribution in [2.75, 3.05) is 0 Å². The monoisotopic (exact) mass is 417 g/mol. The van der Waals surface area contributed by atoms with Crippen LogP contribution in [0.25, 0.3) is 21.3 Å². The van der Waals surface area contributed by atoms with Crippen molar-refractivity contribution in [1.82, 2.24) is 4.98 Å². The first-order chi connectivity index (χ1) is 7.86. The van der Waals surface area contributed by atoms with Crippen LogP contribution in [0.5, 0.6) is 0 Å². The van der Waals surface area contributed by atoms with Gasteiger partial charge in [0.2, 0.25) is 0 Å². The van der Waals surface area contributed by atoms with Crippen molar-refractivity contribution >= 4 is 21.4 Å². The summed E-state index contributed by atoms with van der Waals surface area (Å²) in [5.74, 6) is 0. The van der Waals surface area contributed by atoms with Gasteiger partial charge in [0, 0.05) is 32.0 Å². The smallest absolute Gasteiger partial charge is 0.0305 e. The molecule has 2 heterocycles. The summed E-state index contributed by atoms with van der Waals surface area (Å²) >= 11 is 1.80. The summed E-state index contributed by atoms with van der Waals surface area (Å²) in [6, 6.07) is 15.4. The Kier molecular flexibility index (Phi) is 3.72. The van der Waals surface area contributed by atoms with E-state index in [1.807, 2.05) is 30.5 Å². The standard InChI is InChI=1S/C14H10NS.Ir/c1-10-14(12-7-4-5-9-15-12)11-6-2-3-8-13(11)16-10;/h2-5,7-9H,1H3;/q-1;. The SMILES string of the molecule is Cc1sc2ccc[c-]c2c1-c1ccccn1.[Ir]. The molecule has 3 rings (SSSR count). The fourth-order valence-electron chi connectivity index (χ4n) is 1.91. The third kappa shape index (κ3) is 2.19. The van der Waals surface area contributed by atoms with Gasteiger partial charge in [-0.1, -0.05) is 16.3 Å². The number of fused-ring (bicyclic) bond motifs is 1. The number of hydrogen-bond acceptors (Lipinski definition) is 2. The van der Waals surface area contributed by atoms with Crippen molar-refractivity contribution in [3.8, 4) is 11.3 Å². The number of pyridine rings is 1. The Bertz CT molecular complexity index is 631. The van der Waals surface area contributed by atoms with E-state index in [4.69, 9.17) is 0 Å². The minimum atomic E-state index is 0. The van der Waals surface area contributed by atoms with Gasteiger partial charge in [-0.15, -0.1) is 29.7 Å². The molecule has 0 saturated carbocycles. The molecule has 1 nitrogen and oxygen atoms in total. The van der Waals surface area contributed by atoms with Gasteiger partial charge in [0.05, 0.1) is 0 Å². The van der Waals surface area contributed by atoms with Gasteiger partial charge in [-0.25, -0.2) is 11.3 Å². The molecule has 0 aliphatic rings. The van der Waals surface area contributed by atoms with Crippen molar-refractivity contribution in [2.45, 2.75) is 6.92 Å². The summed E-state index contributed by atoms with van der Waals surface area (Å²) in [5.41, 5.74) is 2.26. The first-order valence-corrected chi connectivity index (χ1v) is 5.99. The summed E-state index contributed by atoms with van der Waals surface area (Å²) < 4.78 is 1.28. The molecule has 0 amide bonds. The summed E-state index contributed by atoms with van der Waals surface area (Å²) in [6.07, 6.45) is 1.83. The summed E-state index contributed by atoms with van der Waals surface area (Å²) in [6.45, 7) is 2.14. The van der Waals surface area contributed by atoms with Crippen molar-refractivity contribution in [3.63, 3.8) is 0 Å². The minimum Gasteiger partial charge on any atom is -0.266 e. The van der Waals surface area contributed by atoms with Crippen LogP contribution >= 0.6 is 11.3 Å². The van der Waals surface area contributed by atoms with Gasteiger partial charge in [0.15, 0.2) is 0 Å². The second-order valence-electron chi connectivity index (χ2n) is 3.66. The molecule has 0 atom stereocenters. The number of thiophene rings is 1. The molecule has 1 aromatic carbocycles. The van der Waals surface area contributed by atoms with Crippen molar-refractivity contribution in [2.24, 2.45) is 0 Å². The van der Waals surface area contributed by atoms with Crippen LogP contribution < -0.4 is 0 Å². The maximum atomic E-state index is 4.42. The Morgan fingerprint density at radius 3 is 2.82 bits per heavy atom. The number of aromatic nitrogens is 1. The van der Waals surface area contributed by atoms with Gasteiger partial charge < -0.3 is 0 Å². The first kappa shape index (κ1) is 12.4. The predicted octanol–water partition coefficient (Wildman–Crippen LogP) is 4.07. The van der Waals surface area contributed by atoms with Crippen LogP contribution in [0.1, 0.15) is 4.88 Å². The summed E-state index contributed by atoms with van der Waals surface area (Å²) in [7, 11) is 0. The Labute approximate surface area is 118 Å². The Hall–Kier alpha value is -1.02. The first-order valence-electron chi connectivity index (χ1n) is 5.17. The van der Waals surface area contributed by atoms with Gasteiger partial charge in [0.1, 0.15) is 0 Å². The van der Waals surface area contributed by atoms with Crippen LogP contribution in [0.15, 0.2) is 42.6 Å². The van der Waals surface area contributed by atoms with E-state index in [1.54, 1.807) is 11.3 Å². The fourth-order valence-corrected chi connectivity index (χ4v) is 2.96. The third-order valence-electron chi connectivity index (χ3n) is 2.60. The predicted molar refractivity (Wildman–Crippen MR) is 68.6 cm³/mol. The van der Waals surface area contributed by atoms with Crippen LogP contribution in [0.3, 0.4) is 0 Å². The second-order valence-corrected chi connectivity index (χ2v) is 4.91. The molecule has 1 radical (unpaired) electrons. The molecule has 17 heavy (non-hydrogen) atoms. The molecule has 0 aliphatic carbocycles. The third-order valence-corrected chi connectivity index (χ3v) is 3.67. The van der Waals surface area contributed by atoms with Crippen LogP contribution in [0.4, 0.5) is 0 Å². The molecule has 87 valence electrons. The van der Waals surface area contributed by atoms with E-state index in [-0.39, 0.29) is 20.1 Å². The Morgan fingerprint density at radius 1 is 1.18 bits per heavy atom. The van der Waals surface area contributed by atoms with Crippen LogP contribution in [0, 0.1) is 13.0 Å². The van der Waals surface area contributed by atoms with Gasteiger partial charge in [-0.3, -0.25) is 4.98 Å². The van der Waals surface area contributed by atoms with E-state index in [0.29, 0.717) is 0 Å². The van der Waals surface area contributed by atoms with E-state index in [2.05, 4.69) is 30.1 Å². The largest absolute Gasteiger partial charge is 0.266 e. The topological polar surface area (TPSA) is 12.9 Å². The molecule has 0 bridgehead atoms. The van der Waals surface area contributed by atoms with E-state index < -0.39 is 0 Å². The summed E-state index contributed by atoms with van der Waals surface area (Å²) in [5, 5.41) is 1.18. The van der Waals surface area contributed by atoms with Crippen molar-refractivity contribution in [3.05, 3.63) is 53.5 Å². The van der Waals surface area contributed by atoms with Crippen LogP contribution in [0.2, 0.25) is 0 Å². The molecule has 0 saturated heterocycles. The van der Waals surface area contributed by atoms with E-state index in [0.717, 1.165) is 5.69 Å². The Balaban J connectivity index is 0.00000108. The van der Waals surface area contributed by atoms with E-state index in [9.17, 15) is 0 Å². The quantitative estimate of drug-likeness (QED) is 0.545. The second kappa shape index (κ2) is 5.09. The molecule has 2 aromatic heterocycles. The normalized spacial score (nSPS) is 10.2. The average Bonchev–Trinajstić information content (AvgIpc) is 2.66. The van der Waals surface area contributed by atoms with Gasteiger partial charge in [0.25, 0.3) is 0 Å². The molecule has 0 N–H and O–H groups in total. The number of benzene rings is 1. The maximum absolute atomic E-state index is 4.42. The van der Waals surface area contributed by atoms with Gasteiger partial charge in [-0.05, 0) is 23.9 Å².